The fraction of sp³-hybridized carbons (Fsp3) is 0.167. The number of benzene rings is 2. The van der Waals surface area contributed by atoms with E-state index in [-0.39, 0.29) is 11.3 Å². The molecule has 7 nitrogen and oxygen atoms in total. The topological polar surface area (TPSA) is 115 Å². The molecule has 0 aliphatic rings. The third kappa shape index (κ3) is 5.07. The molecule has 0 radical (unpaired) electrons. The Kier molecular flexibility index (Phi) is 6.93. The summed E-state index contributed by atoms with van der Waals surface area (Å²) in [6.45, 7) is 1.65. The van der Waals surface area contributed by atoms with Gasteiger partial charge in [0.2, 0.25) is 15.8 Å². The van der Waals surface area contributed by atoms with Gasteiger partial charge < -0.3 is 9.54 Å². The summed E-state index contributed by atoms with van der Waals surface area (Å²) < 4.78 is 67.6. The van der Waals surface area contributed by atoms with E-state index in [4.69, 9.17) is 0 Å². The van der Waals surface area contributed by atoms with Gasteiger partial charge in [0.25, 0.3) is 0 Å². The third-order valence-corrected chi connectivity index (χ3v) is 7.76. The normalized spacial score (nSPS) is 12.6. The molecule has 11 heteroatoms. The number of pyridine rings is 1. The van der Waals surface area contributed by atoms with Gasteiger partial charge in [-0.15, -0.1) is 0 Å². The number of ketones is 1. The highest BCUT2D eigenvalue weighted by Crippen LogP contribution is 2.30. The summed E-state index contributed by atoms with van der Waals surface area (Å²) in [7, 11) is -3.85. The lowest BCUT2D eigenvalue weighted by molar-refractivity contribution is 0.103. The van der Waals surface area contributed by atoms with Gasteiger partial charge in [0.1, 0.15) is 17.7 Å². The molecule has 2 heterocycles. The van der Waals surface area contributed by atoms with Crippen LogP contribution in [0.25, 0.3) is 22.2 Å². The van der Waals surface area contributed by atoms with Crippen LogP contribution in [0.3, 0.4) is 0 Å². The van der Waals surface area contributed by atoms with E-state index in [0.29, 0.717) is 27.9 Å². The van der Waals surface area contributed by atoms with Gasteiger partial charge in [-0.3, -0.25) is 9.52 Å². The molecule has 2 aromatic carbocycles. The number of sulfonamides is 1. The zero-order valence-corrected chi connectivity index (χ0v) is 20.4. The number of nitrogens with one attached hydrogen (secondary N) is 2. The van der Waals surface area contributed by atoms with Gasteiger partial charge in [0.05, 0.1) is 17.0 Å². The van der Waals surface area contributed by atoms with E-state index in [0.717, 1.165) is 17.7 Å². The van der Waals surface area contributed by atoms with Gasteiger partial charge in [-0.25, -0.2) is 22.2 Å². The number of hydrogen-bond donors (Lipinski definition) is 2. The van der Waals surface area contributed by atoms with E-state index in [1.165, 1.54) is 6.20 Å². The van der Waals surface area contributed by atoms with Gasteiger partial charge >= 0.3 is 0 Å². The van der Waals surface area contributed by atoms with E-state index in [1.54, 1.807) is 49.7 Å². The van der Waals surface area contributed by atoms with Gasteiger partial charge in [-0.05, 0) is 65.6 Å². The fourth-order valence-electron chi connectivity index (χ4n) is 3.65. The van der Waals surface area contributed by atoms with Crippen molar-refractivity contribution in [2.24, 2.45) is 0 Å². The Labute approximate surface area is 203 Å². The predicted molar refractivity (Wildman–Crippen MR) is 131 cm³/mol. The molecular weight excluding hydrogens is 496 g/mol. The summed E-state index contributed by atoms with van der Waals surface area (Å²) in [5.74, 6) is -3.62. The van der Waals surface area contributed by atoms with E-state index in [9.17, 15) is 22.2 Å². The second kappa shape index (κ2) is 9.76. The maximum Gasteiger partial charge on any atom is 0.232 e. The quantitative estimate of drug-likeness (QED) is 0.261. The maximum atomic E-state index is 15.2. The van der Waals surface area contributed by atoms with Gasteiger partial charge in [-0.2, -0.15) is 0 Å². The summed E-state index contributed by atoms with van der Waals surface area (Å²) in [6.07, 6.45) is 4.76. The zero-order valence-electron chi connectivity index (χ0n) is 18.8. The number of fused-ring (bicyclic) bond motifs is 1. The molecule has 0 spiro atoms. The lowest BCUT2D eigenvalue weighted by Crippen LogP contribution is -2.18. The minimum absolute atomic E-state index is 0.0213. The Morgan fingerprint density at radius 2 is 1.86 bits per heavy atom. The number of aromatic amines is 1. The van der Waals surface area contributed by atoms with Crippen molar-refractivity contribution >= 4 is 43.7 Å². The van der Waals surface area contributed by atoms with E-state index in [1.807, 2.05) is 0 Å². The highest BCUT2D eigenvalue weighted by Gasteiger charge is 2.26. The molecule has 0 bridgehead atoms. The molecule has 2 N–H and O–H groups in total. The Morgan fingerprint density at radius 3 is 2.51 bits per heavy atom. The number of rotatable bonds is 8. The number of carbonyl (C=O) groups excluding carboxylic acids is 1. The number of aromatic nitrogens is 2. The van der Waals surface area contributed by atoms with Crippen molar-refractivity contribution in [3.05, 3.63) is 77.6 Å². The van der Waals surface area contributed by atoms with Crippen molar-refractivity contribution < 1.29 is 26.5 Å². The van der Waals surface area contributed by atoms with Crippen LogP contribution in [0.4, 0.5) is 14.5 Å². The molecule has 1 atom stereocenters. The number of nitrogens with zero attached hydrogens (tertiary/aromatic N) is 1. The highest BCUT2D eigenvalue weighted by atomic mass is 32.2. The molecule has 4 aromatic rings. The van der Waals surface area contributed by atoms with Gasteiger partial charge in [-0.1, -0.05) is 6.92 Å². The molecule has 0 fully saturated rings. The van der Waals surface area contributed by atoms with Gasteiger partial charge in [0.15, 0.2) is 10.7 Å². The first-order valence-electron chi connectivity index (χ1n) is 10.6. The highest BCUT2D eigenvalue weighted by molar-refractivity contribution is 7.92. The summed E-state index contributed by atoms with van der Waals surface area (Å²) >= 11 is -1.13. The van der Waals surface area contributed by atoms with Crippen LogP contribution >= 0.6 is 0 Å². The molecule has 0 saturated carbocycles. The first-order valence-corrected chi connectivity index (χ1v) is 13.8. The molecule has 4 rings (SSSR count). The molecule has 0 aliphatic carbocycles. The fourth-order valence-corrected chi connectivity index (χ4v) is 5.30. The molecular formula is C24H21F2N3O4S2. The van der Waals surface area contributed by atoms with E-state index in [2.05, 4.69) is 14.7 Å². The number of H-pyrrole nitrogens is 1. The first-order chi connectivity index (χ1) is 16.6. The minimum Gasteiger partial charge on any atom is -0.612 e. The van der Waals surface area contributed by atoms with Crippen molar-refractivity contribution in [2.75, 3.05) is 16.7 Å². The summed E-state index contributed by atoms with van der Waals surface area (Å²) in [5, 5.41) is 0.339. The average molecular weight is 518 g/mol. The maximum absolute atomic E-state index is 15.2. The molecule has 0 saturated heterocycles. The zero-order chi connectivity index (χ0) is 25.3. The third-order valence-electron chi connectivity index (χ3n) is 5.35. The minimum atomic E-state index is -3.85. The van der Waals surface area contributed by atoms with Crippen LogP contribution in [-0.4, -0.2) is 40.7 Å². The van der Waals surface area contributed by atoms with Crippen LogP contribution in [0.15, 0.2) is 59.8 Å². The van der Waals surface area contributed by atoms with Gasteiger partial charge in [0, 0.05) is 28.9 Å². The van der Waals surface area contributed by atoms with Crippen LogP contribution in [0.1, 0.15) is 29.3 Å². The molecule has 182 valence electrons. The lowest BCUT2D eigenvalue weighted by atomic mass is 10.00. The molecule has 0 aliphatic heterocycles. The van der Waals surface area contributed by atoms with Crippen molar-refractivity contribution in [1.29, 1.82) is 0 Å². The molecule has 1 unspecified atom stereocenters. The van der Waals surface area contributed by atoms with Crippen molar-refractivity contribution in [3.63, 3.8) is 0 Å². The van der Waals surface area contributed by atoms with Crippen LogP contribution in [0.2, 0.25) is 0 Å². The van der Waals surface area contributed by atoms with Crippen LogP contribution in [-0.2, 0) is 21.2 Å². The van der Waals surface area contributed by atoms with Crippen molar-refractivity contribution in [3.8, 4) is 11.1 Å². The predicted octanol–water partition coefficient (Wildman–Crippen LogP) is 4.63. The SMILES string of the molecule is CCCS(=O)(=O)Nc1ccc(F)c(C(=O)c2c[nH]c3ncc(-c4ccc([S+](C)[O-])cc4)cc23)c1F. The average Bonchev–Trinajstić information content (AvgIpc) is 3.24. The van der Waals surface area contributed by atoms with Crippen LogP contribution < -0.4 is 4.72 Å². The summed E-state index contributed by atoms with van der Waals surface area (Å²) in [4.78, 5) is 21.0. The monoisotopic (exact) mass is 517 g/mol. The van der Waals surface area contributed by atoms with Crippen LogP contribution in [0.5, 0.6) is 0 Å². The molecule has 35 heavy (non-hydrogen) atoms. The Bertz CT molecular complexity index is 1520. The molecule has 0 amide bonds. The number of halogens is 2. The largest absolute Gasteiger partial charge is 0.612 e. The van der Waals surface area contributed by atoms with Crippen molar-refractivity contribution in [1.82, 2.24) is 9.97 Å². The van der Waals surface area contributed by atoms with E-state index >= 15 is 4.39 Å². The second-order valence-corrected chi connectivity index (χ2v) is 11.1. The number of hydrogen-bond acceptors (Lipinski definition) is 5. The van der Waals surface area contributed by atoms with Crippen molar-refractivity contribution in [2.45, 2.75) is 18.2 Å². The Morgan fingerprint density at radius 1 is 1.14 bits per heavy atom. The second-order valence-electron chi connectivity index (χ2n) is 7.83. The smallest absolute Gasteiger partial charge is 0.232 e. The first kappa shape index (κ1) is 24.8. The lowest BCUT2D eigenvalue weighted by Gasteiger charge is -2.11. The van der Waals surface area contributed by atoms with E-state index < -0.39 is 49.9 Å². The summed E-state index contributed by atoms with van der Waals surface area (Å²) in [6, 6.07) is 10.4. The van der Waals surface area contributed by atoms with Crippen LogP contribution in [0, 0.1) is 11.6 Å². The standard InChI is InChI=1S/C24H21F2N3O4S2/c1-3-10-35(32,33)29-20-9-8-19(25)21(22(20)26)23(30)18-13-28-24-17(18)11-15(12-27-24)14-4-6-16(7-5-14)34(2)31/h4-9,11-13,29H,3,10H2,1-2H3,(H,27,28). The number of carbonyl (C=O) groups is 1. The molecule has 2 aromatic heterocycles. The Balaban J connectivity index is 1.75. The Hall–Kier alpha value is -3.28. The number of anilines is 1. The summed E-state index contributed by atoms with van der Waals surface area (Å²) in [5.41, 5.74) is 0.327.